The number of amides is 1. The molecule has 2 N–H and O–H groups in total. The summed E-state index contributed by atoms with van der Waals surface area (Å²) < 4.78 is 16.5. The minimum absolute atomic E-state index is 0.168. The predicted octanol–water partition coefficient (Wildman–Crippen LogP) is 5.14. The monoisotopic (exact) mass is 556 g/mol. The average Bonchev–Trinajstić information content (AvgIpc) is 3.61. The highest BCUT2D eigenvalue weighted by atomic mass is 32.1. The lowest BCUT2D eigenvalue weighted by Crippen LogP contribution is -2.32. The summed E-state index contributed by atoms with van der Waals surface area (Å²) in [6, 6.07) is 23.1. The van der Waals surface area contributed by atoms with Crippen molar-refractivity contribution in [1.29, 1.82) is 0 Å². The van der Waals surface area contributed by atoms with Gasteiger partial charge in [-0.05, 0) is 60.7 Å². The Bertz CT molecular complexity index is 1510. The van der Waals surface area contributed by atoms with Crippen molar-refractivity contribution >= 4 is 34.9 Å². The minimum atomic E-state index is -0.402. The highest BCUT2D eigenvalue weighted by molar-refractivity contribution is 7.80. The van der Waals surface area contributed by atoms with Gasteiger partial charge in [0.25, 0.3) is 0 Å². The molecule has 5 rings (SSSR count). The van der Waals surface area contributed by atoms with Gasteiger partial charge in [0, 0.05) is 24.7 Å². The van der Waals surface area contributed by atoms with Gasteiger partial charge < -0.3 is 29.4 Å². The van der Waals surface area contributed by atoms with E-state index in [9.17, 15) is 9.59 Å². The summed E-state index contributed by atoms with van der Waals surface area (Å²) in [4.78, 5) is 31.2. The zero-order valence-corrected chi connectivity index (χ0v) is 22.8. The number of anilines is 1. The largest absolute Gasteiger partial charge is 0.495 e. The van der Waals surface area contributed by atoms with Crippen molar-refractivity contribution < 1.29 is 23.5 Å². The molecule has 204 valence electrons. The van der Waals surface area contributed by atoms with Crippen molar-refractivity contribution in [2.45, 2.75) is 18.5 Å². The van der Waals surface area contributed by atoms with Crippen LogP contribution in [0.4, 0.5) is 5.69 Å². The molecular formula is C30H28N4O5S. The number of carbonyl (C=O) groups is 2. The molecule has 1 aliphatic rings. The maximum absolute atomic E-state index is 12.9. The fourth-order valence-corrected chi connectivity index (χ4v) is 5.03. The Labute approximate surface area is 237 Å². The van der Waals surface area contributed by atoms with Gasteiger partial charge in [-0.2, -0.15) is 0 Å². The van der Waals surface area contributed by atoms with E-state index < -0.39 is 5.97 Å². The zero-order chi connectivity index (χ0) is 28.1. The molecule has 10 heteroatoms. The smallest absolute Gasteiger partial charge is 0.337 e. The lowest BCUT2D eigenvalue weighted by atomic mass is 10.0. The first-order chi connectivity index (χ1) is 19.5. The normalized spacial score (nSPS) is 16.4. The first kappa shape index (κ1) is 26.9. The molecule has 9 nitrogen and oxygen atoms in total. The van der Waals surface area contributed by atoms with Gasteiger partial charge in [-0.25, -0.2) is 4.79 Å². The van der Waals surface area contributed by atoms with E-state index >= 15 is 0 Å². The number of rotatable bonds is 9. The van der Waals surface area contributed by atoms with Crippen LogP contribution in [-0.4, -0.2) is 47.6 Å². The molecule has 1 saturated heterocycles. The van der Waals surface area contributed by atoms with Crippen molar-refractivity contribution in [3.63, 3.8) is 0 Å². The number of methoxy groups -OCH3 is 2. The van der Waals surface area contributed by atoms with E-state index in [1.54, 1.807) is 37.6 Å². The molecule has 2 aromatic heterocycles. The fraction of sp³-hybridized carbons (Fsp3) is 0.200. The van der Waals surface area contributed by atoms with Gasteiger partial charge >= 0.3 is 5.97 Å². The Morgan fingerprint density at radius 2 is 1.80 bits per heavy atom. The standard InChI is InChI=1S/C30H28N4O5S/c1-37-24-9-4-3-7-21(24)32-26(35)16-18-34-28(27(33-30(34)40)22-8-5-6-17-31-22)25-15-14-23(39-25)19-10-12-20(13-11-19)29(36)38-2/h3-15,17,27-28H,16,18H2,1-2H3,(H,32,35)(H,33,40)/t27-,28-/m1/s1. The number of benzene rings is 2. The van der Waals surface area contributed by atoms with Crippen LogP contribution < -0.4 is 15.4 Å². The second-order valence-electron chi connectivity index (χ2n) is 9.09. The Morgan fingerprint density at radius 1 is 1.02 bits per heavy atom. The third-order valence-electron chi connectivity index (χ3n) is 6.67. The highest BCUT2D eigenvalue weighted by Gasteiger charge is 2.41. The number of carbonyl (C=O) groups excluding carboxylic acids is 2. The highest BCUT2D eigenvalue weighted by Crippen LogP contribution is 2.40. The molecule has 2 aromatic carbocycles. The second-order valence-corrected chi connectivity index (χ2v) is 9.48. The number of nitrogens with zero attached hydrogens (tertiary/aromatic N) is 2. The molecule has 2 atom stereocenters. The first-order valence-electron chi connectivity index (χ1n) is 12.7. The molecule has 1 aliphatic heterocycles. The van der Waals surface area contributed by atoms with Gasteiger partial charge in [0.1, 0.15) is 23.3 Å². The van der Waals surface area contributed by atoms with Crippen LogP contribution in [0.2, 0.25) is 0 Å². The van der Waals surface area contributed by atoms with Crippen LogP contribution in [0, 0.1) is 0 Å². The van der Waals surface area contributed by atoms with Crippen molar-refractivity contribution in [2.24, 2.45) is 0 Å². The Morgan fingerprint density at radius 3 is 2.52 bits per heavy atom. The first-order valence-corrected chi connectivity index (χ1v) is 13.1. The van der Waals surface area contributed by atoms with Crippen molar-refractivity contribution in [2.75, 3.05) is 26.1 Å². The average molecular weight is 557 g/mol. The van der Waals surface area contributed by atoms with Crippen LogP contribution in [0.15, 0.2) is 89.5 Å². The third kappa shape index (κ3) is 5.67. The van der Waals surface area contributed by atoms with Crippen LogP contribution >= 0.6 is 12.2 Å². The lowest BCUT2D eigenvalue weighted by Gasteiger charge is -2.26. The molecule has 0 bridgehead atoms. The van der Waals surface area contributed by atoms with E-state index in [0.717, 1.165) is 11.3 Å². The van der Waals surface area contributed by atoms with E-state index in [1.165, 1.54) is 7.11 Å². The third-order valence-corrected chi connectivity index (χ3v) is 7.02. The van der Waals surface area contributed by atoms with E-state index in [4.69, 9.17) is 26.1 Å². The molecule has 3 heterocycles. The number of para-hydroxylation sites is 2. The topological polar surface area (TPSA) is 106 Å². The van der Waals surface area contributed by atoms with Crippen LogP contribution in [-0.2, 0) is 9.53 Å². The summed E-state index contributed by atoms with van der Waals surface area (Å²) in [6.07, 6.45) is 1.92. The van der Waals surface area contributed by atoms with Gasteiger partial charge in [0.2, 0.25) is 5.91 Å². The second kappa shape index (κ2) is 12.0. The molecule has 1 amide bonds. The van der Waals surface area contributed by atoms with Crippen molar-refractivity contribution in [1.82, 2.24) is 15.2 Å². The summed E-state index contributed by atoms with van der Waals surface area (Å²) in [7, 11) is 2.91. The van der Waals surface area contributed by atoms with Crippen LogP contribution in [0.1, 0.15) is 40.3 Å². The quantitative estimate of drug-likeness (QED) is 0.214. The number of nitrogens with one attached hydrogen (secondary N) is 2. The van der Waals surface area contributed by atoms with Gasteiger partial charge in [-0.1, -0.05) is 30.3 Å². The number of pyridine rings is 1. The molecule has 4 aromatic rings. The van der Waals surface area contributed by atoms with Crippen LogP contribution in [0.25, 0.3) is 11.3 Å². The number of thiocarbonyl (C=S) groups is 1. The maximum Gasteiger partial charge on any atom is 0.337 e. The van der Waals surface area contributed by atoms with Gasteiger partial charge in [-0.3, -0.25) is 9.78 Å². The van der Waals surface area contributed by atoms with E-state index in [2.05, 4.69) is 15.6 Å². The predicted molar refractivity (Wildman–Crippen MR) is 154 cm³/mol. The van der Waals surface area contributed by atoms with Crippen LogP contribution in [0.3, 0.4) is 0 Å². The van der Waals surface area contributed by atoms with E-state index in [1.807, 2.05) is 59.5 Å². The minimum Gasteiger partial charge on any atom is -0.495 e. The van der Waals surface area contributed by atoms with Gasteiger partial charge in [0.05, 0.1) is 37.2 Å². The zero-order valence-electron chi connectivity index (χ0n) is 22.0. The summed E-state index contributed by atoms with van der Waals surface area (Å²) in [5.74, 6) is 1.32. The van der Waals surface area contributed by atoms with E-state index in [0.29, 0.717) is 40.2 Å². The van der Waals surface area contributed by atoms with Gasteiger partial charge in [-0.15, -0.1) is 0 Å². The summed E-state index contributed by atoms with van der Waals surface area (Å²) >= 11 is 5.72. The fourth-order valence-electron chi connectivity index (χ4n) is 4.69. The molecule has 0 spiro atoms. The number of furan rings is 1. The molecule has 0 unspecified atom stereocenters. The number of esters is 1. The molecule has 40 heavy (non-hydrogen) atoms. The number of aromatic nitrogens is 1. The number of ether oxygens (including phenoxy) is 2. The van der Waals surface area contributed by atoms with Crippen molar-refractivity contribution in [3.05, 3.63) is 102 Å². The van der Waals surface area contributed by atoms with Crippen molar-refractivity contribution in [3.8, 4) is 17.1 Å². The van der Waals surface area contributed by atoms with Crippen LogP contribution in [0.5, 0.6) is 5.75 Å². The van der Waals surface area contributed by atoms with Gasteiger partial charge in [0.15, 0.2) is 5.11 Å². The molecule has 1 fully saturated rings. The molecule has 0 aliphatic carbocycles. The number of hydrogen-bond donors (Lipinski definition) is 2. The summed E-state index contributed by atoms with van der Waals surface area (Å²) in [5.41, 5.74) is 2.67. The lowest BCUT2D eigenvalue weighted by molar-refractivity contribution is -0.116. The molecule has 0 radical (unpaired) electrons. The number of hydrogen-bond acceptors (Lipinski definition) is 7. The summed E-state index contributed by atoms with van der Waals surface area (Å²) in [5, 5.41) is 6.79. The molecular weight excluding hydrogens is 528 g/mol. The Balaban J connectivity index is 1.38. The SMILES string of the molecule is COC(=O)c1ccc(-c2ccc([C@@H]3[C@@H](c4ccccn4)NC(=S)N3CCC(=O)Nc3ccccc3OC)o2)cc1. The summed E-state index contributed by atoms with van der Waals surface area (Å²) in [6.45, 7) is 0.352. The Hall–Kier alpha value is -4.70. The Kier molecular flexibility index (Phi) is 8.07. The van der Waals surface area contributed by atoms with E-state index in [-0.39, 0.29) is 24.4 Å². The maximum atomic E-state index is 12.9. The molecule has 0 saturated carbocycles.